The Balaban J connectivity index is 2.22. The van der Waals surface area contributed by atoms with Gasteiger partial charge in [0.25, 0.3) is 5.91 Å². The summed E-state index contributed by atoms with van der Waals surface area (Å²) in [5.74, 6) is -0.109. The van der Waals surface area contributed by atoms with Crippen LogP contribution in [0.2, 0.25) is 0 Å². The number of hydrogen-bond donors (Lipinski definition) is 2. The molecule has 0 aliphatic heterocycles. The van der Waals surface area contributed by atoms with Crippen LogP contribution in [0.3, 0.4) is 0 Å². The standard InChI is InChI=1S/C14H13IN2O/c1-16-13-8-3-2-7-12(13)14(18)17-11-6-4-5-10(15)9-11/h2-9,16H,1H3,(H,17,18). The van der Waals surface area contributed by atoms with Crippen LogP contribution in [0.1, 0.15) is 10.4 Å². The summed E-state index contributed by atoms with van der Waals surface area (Å²) in [6.45, 7) is 0. The van der Waals surface area contributed by atoms with Crippen molar-refractivity contribution in [3.63, 3.8) is 0 Å². The molecule has 2 N–H and O–H groups in total. The van der Waals surface area contributed by atoms with Gasteiger partial charge in [0.15, 0.2) is 0 Å². The van der Waals surface area contributed by atoms with Crippen LogP contribution in [-0.2, 0) is 0 Å². The van der Waals surface area contributed by atoms with E-state index >= 15 is 0 Å². The molecule has 0 aliphatic carbocycles. The Bertz CT molecular complexity index is 569. The third kappa shape index (κ3) is 3.01. The summed E-state index contributed by atoms with van der Waals surface area (Å²) >= 11 is 2.22. The van der Waals surface area contributed by atoms with Crippen molar-refractivity contribution < 1.29 is 4.79 Å². The van der Waals surface area contributed by atoms with Gasteiger partial charge in [0.1, 0.15) is 0 Å². The molecule has 0 saturated heterocycles. The molecular formula is C14H13IN2O. The van der Waals surface area contributed by atoms with E-state index in [4.69, 9.17) is 0 Å². The molecular weight excluding hydrogens is 339 g/mol. The van der Waals surface area contributed by atoms with E-state index in [2.05, 4.69) is 33.2 Å². The molecule has 3 nitrogen and oxygen atoms in total. The van der Waals surface area contributed by atoms with E-state index in [-0.39, 0.29) is 5.91 Å². The number of amides is 1. The van der Waals surface area contributed by atoms with Crippen LogP contribution in [0.25, 0.3) is 0 Å². The Morgan fingerprint density at radius 3 is 2.61 bits per heavy atom. The Hall–Kier alpha value is -1.56. The molecule has 0 saturated carbocycles. The highest BCUT2D eigenvalue weighted by molar-refractivity contribution is 14.1. The summed E-state index contributed by atoms with van der Waals surface area (Å²) < 4.78 is 1.09. The maximum Gasteiger partial charge on any atom is 0.257 e. The largest absolute Gasteiger partial charge is 0.387 e. The molecule has 0 aromatic heterocycles. The van der Waals surface area contributed by atoms with Gasteiger partial charge < -0.3 is 10.6 Å². The first-order valence-corrected chi connectivity index (χ1v) is 6.62. The van der Waals surface area contributed by atoms with Crippen molar-refractivity contribution in [1.29, 1.82) is 0 Å². The number of anilines is 2. The summed E-state index contributed by atoms with van der Waals surface area (Å²) in [5, 5.41) is 5.90. The van der Waals surface area contributed by atoms with Crippen LogP contribution < -0.4 is 10.6 Å². The Labute approximate surface area is 120 Å². The number of nitrogens with one attached hydrogen (secondary N) is 2. The predicted octanol–water partition coefficient (Wildman–Crippen LogP) is 3.59. The van der Waals surface area contributed by atoms with Gasteiger partial charge >= 0.3 is 0 Å². The van der Waals surface area contributed by atoms with Crippen molar-refractivity contribution in [2.75, 3.05) is 17.7 Å². The fraction of sp³-hybridized carbons (Fsp3) is 0.0714. The Morgan fingerprint density at radius 1 is 1.11 bits per heavy atom. The number of carbonyl (C=O) groups is 1. The molecule has 0 atom stereocenters. The van der Waals surface area contributed by atoms with Gasteiger partial charge in [-0.3, -0.25) is 4.79 Å². The normalized spacial score (nSPS) is 9.89. The minimum absolute atomic E-state index is 0.109. The smallest absolute Gasteiger partial charge is 0.257 e. The lowest BCUT2D eigenvalue weighted by Gasteiger charge is -2.09. The zero-order chi connectivity index (χ0) is 13.0. The van der Waals surface area contributed by atoms with Crippen LogP contribution in [0.4, 0.5) is 11.4 Å². The van der Waals surface area contributed by atoms with Crippen molar-refractivity contribution in [3.8, 4) is 0 Å². The molecule has 2 aromatic carbocycles. The topological polar surface area (TPSA) is 41.1 Å². The van der Waals surface area contributed by atoms with E-state index in [1.807, 2.05) is 42.5 Å². The van der Waals surface area contributed by atoms with Crippen LogP contribution in [0.15, 0.2) is 48.5 Å². The molecule has 0 spiro atoms. The van der Waals surface area contributed by atoms with E-state index in [0.29, 0.717) is 5.56 Å². The molecule has 0 bridgehead atoms. The highest BCUT2D eigenvalue weighted by atomic mass is 127. The van der Waals surface area contributed by atoms with Gasteiger partial charge in [-0.1, -0.05) is 18.2 Å². The van der Waals surface area contributed by atoms with Gasteiger partial charge in [0.05, 0.1) is 5.56 Å². The minimum Gasteiger partial charge on any atom is -0.387 e. The molecule has 0 fully saturated rings. The number of halogens is 1. The molecule has 0 heterocycles. The average molecular weight is 352 g/mol. The summed E-state index contributed by atoms with van der Waals surface area (Å²) in [7, 11) is 1.80. The first-order chi connectivity index (χ1) is 8.70. The molecule has 1 amide bonds. The summed E-state index contributed by atoms with van der Waals surface area (Å²) in [4.78, 5) is 12.2. The van der Waals surface area contributed by atoms with E-state index in [1.165, 1.54) is 0 Å². The van der Waals surface area contributed by atoms with Gasteiger partial charge in [-0.15, -0.1) is 0 Å². The van der Waals surface area contributed by atoms with Gasteiger partial charge in [-0.05, 0) is 52.9 Å². The second-order valence-electron chi connectivity index (χ2n) is 3.76. The van der Waals surface area contributed by atoms with E-state index in [9.17, 15) is 4.79 Å². The maximum atomic E-state index is 12.2. The second-order valence-corrected chi connectivity index (χ2v) is 5.01. The van der Waals surface area contributed by atoms with E-state index in [1.54, 1.807) is 13.1 Å². The molecule has 2 rings (SSSR count). The molecule has 4 heteroatoms. The third-order valence-electron chi connectivity index (χ3n) is 2.52. The molecule has 0 aliphatic rings. The summed E-state index contributed by atoms with van der Waals surface area (Å²) in [5.41, 5.74) is 2.26. The molecule has 2 aromatic rings. The highest BCUT2D eigenvalue weighted by Crippen LogP contribution is 2.18. The quantitative estimate of drug-likeness (QED) is 0.829. The first-order valence-electron chi connectivity index (χ1n) is 5.54. The highest BCUT2D eigenvalue weighted by Gasteiger charge is 2.09. The molecule has 0 unspecified atom stereocenters. The van der Waals surface area contributed by atoms with Crippen LogP contribution in [0.5, 0.6) is 0 Å². The van der Waals surface area contributed by atoms with Crippen molar-refractivity contribution in [1.82, 2.24) is 0 Å². The van der Waals surface area contributed by atoms with Gasteiger partial charge in [0, 0.05) is 22.0 Å². The van der Waals surface area contributed by atoms with Crippen molar-refractivity contribution in [2.24, 2.45) is 0 Å². The SMILES string of the molecule is CNc1ccccc1C(=O)Nc1cccc(I)c1. The number of benzene rings is 2. The maximum absolute atomic E-state index is 12.2. The Kier molecular flexibility index (Phi) is 4.19. The van der Waals surface area contributed by atoms with Gasteiger partial charge in [0.2, 0.25) is 0 Å². The summed E-state index contributed by atoms with van der Waals surface area (Å²) in [6.07, 6.45) is 0. The lowest BCUT2D eigenvalue weighted by atomic mass is 10.1. The molecule has 0 radical (unpaired) electrons. The monoisotopic (exact) mass is 352 g/mol. The number of para-hydroxylation sites is 1. The van der Waals surface area contributed by atoms with Crippen molar-refractivity contribution in [3.05, 3.63) is 57.7 Å². The van der Waals surface area contributed by atoms with Gasteiger partial charge in [-0.25, -0.2) is 0 Å². The van der Waals surface area contributed by atoms with Crippen molar-refractivity contribution >= 4 is 39.9 Å². The average Bonchev–Trinajstić information content (AvgIpc) is 2.38. The fourth-order valence-electron chi connectivity index (χ4n) is 1.66. The summed E-state index contributed by atoms with van der Waals surface area (Å²) in [6, 6.07) is 15.1. The number of carbonyl (C=O) groups excluding carboxylic acids is 1. The van der Waals surface area contributed by atoms with Crippen molar-refractivity contribution in [2.45, 2.75) is 0 Å². The van der Waals surface area contributed by atoms with Crippen LogP contribution in [-0.4, -0.2) is 13.0 Å². The van der Waals surface area contributed by atoms with Crippen LogP contribution >= 0.6 is 22.6 Å². The predicted molar refractivity (Wildman–Crippen MR) is 83.1 cm³/mol. The minimum atomic E-state index is -0.109. The van der Waals surface area contributed by atoms with Crippen LogP contribution in [0, 0.1) is 3.57 Å². The lowest BCUT2D eigenvalue weighted by Crippen LogP contribution is -2.13. The zero-order valence-electron chi connectivity index (χ0n) is 9.91. The number of hydrogen-bond acceptors (Lipinski definition) is 2. The first kappa shape index (κ1) is 12.9. The lowest BCUT2D eigenvalue weighted by molar-refractivity contribution is 0.102. The molecule has 18 heavy (non-hydrogen) atoms. The number of rotatable bonds is 3. The van der Waals surface area contributed by atoms with Gasteiger partial charge in [-0.2, -0.15) is 0 Å². The van der Waals surface area contributed by atoms with E-state index < -0.39 is 0 Å². The zero-order valence-corrected chi connectivity index (χ0v) is 12.1. The van der Waals surface area contributed by atoms with E-state index in [0.717, 1.165) is 14.9 Å². The third-order valence-corrected chi connectivity index (χ3v) is 3.19. The molecule has 92 valence electrons. The fourth-order valence-corrected chi connectivity index (χ4v) is 2.21. The second kappa shape index (κ2) is 5.86. The Morgan fingerprint density at radius 2 is 1.89 bits per heavy atom.